The van der Waals surface area contributed by atoms with Gasteiger partial charge in [-0.1, -0.05) is 13.8 Å². The molecule has 3 rings (SSSR count). The first-order valence-corrected chi connectivity index (χ1v) is 10.7. The largest absolute Gasteiger partial charge is 0.492 e. The van der Waals surface area contributed by atoms with Gasteiger partial charge >= 0.3 is 0 Å². The fraction of sp³-hybridized carbons (Fsp3) is 0.565. The number of carbonyl (C=O) groups is 1. The number of ketones is 1. The van der Waals surface area contributed by atoms with Crippen LogP contribution in [0, 0.1) is 5.92 Å². The van der Waals surface area contributed by atoms with Crippen molar-refractivity contribution in [3.8, 4) is 17.3 Å². The smallest absolute Gasteiger partial charge is 0.180 e. The SMILES string of the molecule is CC(C)CC(=O)CN(C)c1nc(-c2cc(OCCN(C)C)ccn2)nc2c1CCC2. The van der Waals surface area contributed by atoms with Crippen molar-refractivity contribution in [2.75, 3.05) is 45.7 Å². The number of Topliss-reactive ketones (excluding diaryl/α,β-unsaturated/α-hetero) is 1. The number of ether oxygens (including phenoxy) is 1. The Labute approximate surface area is 179 Å². The molecule has 0 saturated heterocycles. The van der Waals surface area contributed by atoms with Crippen molar-refractivity contribution >= 4 is 11.6 Å². The molecule has 0 aromatic carbocycles. The Morgan fingerprint density at radius 1 is 1.20 bits per heavy atom. The summed E-state index contributed by atoms with van der Waals surface area (Å²) >= 11 is 0. The molecule has 1 aliphatic carbocycles. The Hall–Kier alpha value is -2.54. The number of hydrogen-bond acceptors (Lipinski definition) is 7. The molecule has 30 heavy (non-hydrogen) atoms. The van der Waals surface area contributed by atoms with Gasteiger partial charge in [-0.2, -0.15) is 0 Å². The van der Waals surface area contributed by atoms with E-state index in [0.717, 1.165) is 48.6 Å². The minimum Gasteiger partial charge on any atom is -0.492 e. The van der Waals surface area contributed by atoms with Crippen LogP contribution >= 0.6 is 0 Å². The second-order valence-corrected chi connectivity index (χ2v) is 8.67. The van der Waals surface area contributed by atoms with Crippen molar-refractivity contribution in [3.05, 3.63) is 29.6 Å². The molecular weight excluding hydrogens is 378 g/mol. The lowest BCUT2D eigenvalue weighted by Gasteiger charge is -2.21. The summed E-state index contributed by atoms with van der Waals surface area (Å²) < 4.78 is 5.85. The van der Waals surface area contributed by atoms with E-state index in [2.05, 4.69) is 23.7 Å². The lowest BCUT2D eigenvalue weighted by atomic mass is 10.1. The highest BCUT2D eigenvalue weighted by atomic mass is 16.5. The van der Waals surface area contributed by atoms with Crippen LogP contribution in [0.15, 0.2) is 18.3 Å². The third-order valence-corrected chi connectivity index (χ3v) is 5.09. The quantitative estimate of drug-likeness (QED) is 0.595. The van der Waals surface area contributed by atoms with E-state index in [0.29, 0.717) is 37.0 Å². The van der Waals surface area contributed by atoms with E-state index in [1.165, 1.54) is 0 Å². The van der Waals surface area contributed by atoms with Crippen LogP contribution in [0.3, 0.4) is 0 Å². The third-order valence-electron chi connectivity index (χ3n) is 5.09. The zero-order valence-corrected chi connectivity index (χ0v) is 18.8. The molecule has 0 spiro atoms. The van der Waals surface area contributed by atoms with Crippen molar-refractivity contribution in [2.24, 2.45) is 5.92 Å². The van der Waals surface area contributed by atoms with Gasteiger partial charge in [0.25, 0.3) is 0 Å². The number of pyridine rings is 1. The van der Waals surface area contributed by atoms with Crippen molar-refractivity contribution in [3.63, 3.8) is 0 Å². The zero-order valence-electron chi connectivity index (χ0n) is 18.8. The third kappa shape index (κ3) is 5.75. The first kappa shape index (κ1) is 22.2. The van der Waals surface area contributed by atoms with E-state index in [4.69, 9.17) is 14.7 Å². The average molecular weight is 412 g/mol. The number of carbonyl (C=O) groups excluding carboxylic acids is 1. The van der Waals surface area contributed by atoms with Gasteiger partial charge in [-0.25, -0.2) is 9.97 Å². The Morgan fingerprint density at radius 2 is 2.00 bits per heavy atom. The fourth-order valence-electron chi connectivity index (χ4n) is 3.67. The topological polar surface area (TPSA) is 71.5 Å². The molecule has 162 valence electrons. The van der Waals surface area contributed by atoms with Crippen LogP contribution < -0.4 is 9.64 Å². The molecule has 0 aliphatic heterocycles. The van der Waals surface area contributed by atoms with Crippen molar-refractivity contribution in [1.29, 1.82) is 0 Å². The van der Waals surface area contributed by atoms with Crippen LogP contribution in [-0.2, 0) is 17.6 Å². The van der Waals surface area contributed by atoms with E-state index in [1.54, 1.807) is 6.20 Å². The fourth-order valence-corrected chi connectivity index (χ4v) is 3.67. The molecule has 2 aromatic heterocycles. The van der Waals surface area contributed by atoms with E-state index in [-0.39, 0.29) is 5.78 Å². The van der Waals surface area contributed by atoms with Crippen LogP contribution in [-0.4, -0.2) is 66.5 Å². The van der Waals surface area contributed by atoms with Gasteiger partial charge in [-0.3, -0.25) is 9.78 Å². The maximum atomic E-state index is 12.4. The maximum Gasteiger partial charge on any atom is 0.180 e. The van der Waals surface area contributed by atoms with Crippen molar-refractivity contribution in [2.45, 2.75) is 39.5 Å². The Morgan fingerprint density at radius 3 is 2.73 bits per heavy atom. The Balaban J connectivity index is 1.84. The van der Waals surface area contributed by atoms with E-state index in [9.17, 15) is 4.79 Å². The number of hydrogen-bond donors (Lipinski definition) is 0. The summed E-state index contributed by atoms with van der Waals surface area (Å²) in [6, 6.07) is 3.74. The van der Waals surface area contributed by atoms with Crippen LogP contribution in [0.1, 0.15) is 37.9 Å². The summed E-state index contributed by atoms with van der Waals surface area (Å²) in [5.74, 6) is 2.79. The summed E-state index contributed by atoms with van der Waals surface area (Å²) in [6.45, 7) is 5.94. The minimum absolute atomic E-state index is 0.230. The second-order valence-electron chi connectivity index (χ2n) is 8.67. The lowest BCUT2D eigenvalue weighted by molar-refractivity contribution is -0.118. The molecule has 1 aliphatic rings. The highest BCUT2D eigenvalue weighted by molar-refractivity contribution is 5.83. The first-order valence-electron chi connectivity index (χ1n) is 10.7. The van der Waals surface area contributed by atoms with Gasteiger partial charge in [0.1, 0.15) is 23.9 Å². The van der Waals surface area contributed by atoms with Crippen LogP contribution in [0.5, 0.6) is 5.75 Å². The molecule has 0 radical (unpaired) electrons. The average Bonchev–Trinajstić information content (AvgIpc) is 3.15. The molecule has 0 amide bonds. The maximum absolute atomic E-state index is 12.4. The van der Waals surface area contributed by atoms with Crippen LogP contribution in [0.4, 0.5) is 5.82 Å². The van der Waals surface area contributed by atoms with Crippen molar-refractivity contribution < 1.29 is 9.53 Å². The van der Waals surface area contributed by atoms with Gasteiger partial charge < -0.3 is 14.5 Å². The van der Waals surface area contributed by atoms with Gasteiger partial charge in [0.15, 0.2) is 11.6 Å². The molecule has 2 heterocycles. The van der Waals surface area contributed by atoms with E-state index >= 15 is 0 Å². The molecule has 7 heteroatoms. The number of fused-ring (bicyclic) bond motifs is 1. The first-order chi connectivity index (χ1) is 14.3. The summed E-state index contributed by atoms with van der Waals surface area (Å²) in [4.78, 5) is 30.5. The summed E-state index contributed by atoms with van der Waals surface area (Å²) in [5.41, 5.74) is 2.92. The van der Waals surface area contributed by atoms with E-state index < -0.39 is 0 Å². The Bertz CT molecular complexity index is 882. The molecule has 2 aromatic rings. The monoisotopic (exact) mass is 411 g/mol. The van der Waals surface area contributed by atoms with Crippen LogP contribution in [0.2, 0.25) is 0 Å². The molecular formula is C23H33N5O2. The number of rotatable bonds is 10. The molecule has 0 unspecified atom stereocenters. The summed E-state index contributed by atoms with van der Waals surface area (Å²) in [5, 5.41) is 0. The number of aromatic nitrogens is 3. The minimum atomic E-state index is 0.230. The number of nitrogens with zero attached hydrogens (tertiary/aromatic N) is 5. The highest BCUT2D eigenvalue weighted by Gasteiger charge is 2.23. The predicted molar refractivity (Wildman–Crippen MR) is 119 cm³/mol. The number of likely N-dealkylation sites (N-methyl/N-ethyl adjacent to an activating group) is 2. The van der Waals surface area contributed by atoms with Crippen molar-refractivity contribution in [1.82, 2.24) is 19.9 Å². The molecule has 0 N–H and O–H groups in total. The van der Waals surface area contributed by atoms with Gasteiger partial charge in [-0.05, 0) is 45.3 Å². The molecule has 0 saturated carbocycles. The second kappa shape index (κ2) is 9.98. The standard InChI is InChI=1S/C23H33N5O2/c1-16(2)13-17(29)15-28(5)23-19-7-6-8-20(19)25-22(26-23)21-14-18(9-10-24-21)30-12-11-27(3)4/h9-10,14,16H,6-8,11-13,15H2,1-5H3. The van der Waals surface area contributed by atoms with Gasteiger partial charge in [-0.15, -0.1) is 0 Å². The zero-order chi connectivity index (χ0) is 21.7. The highest BCUT2D eigenvalue weighted by Crippen LogP contribution is 2.31. The molecule has 0 bridgehead atoms. The lowest BCUT2D eigenvalue weighted by Crippen LogP contribution is -2.28. The molecule has 0 fully saturated rings. The number of anilines is 1. The molecule has 0 atom stereocenters. The normalized spacial score (nSPS) is 13.0. The van der Waals surface area contributed by atoms with Gasteiger partial charge in [0.05, 0.1) is 6.54 Å². The van der Waals surface area contributed by atoms with Gasteiger partial charge in [0.2, 0.25) is 0 Å². The van der Waals surface area contributed by atoms with E-state index in [1.807, 2.05) is 38.2 Å². The molecule has 7 nitrogen and oxygen atoms in total. The van der Waals surface area contributed by atoms with Gasteiger partial charge in [0, 0.05) is 43.5 Å². The summed E-state index contributed by atoms with van der Waals surface area (Å²) in [7, 11) is 5.98. The Kier molecular flexibility index (Phi) is 7.37. The predicted octanol–water partition coefficient (Wildman–Crippen LogP) is 3.02. The summed E-state index contributed by atoms with van der Waals surface area (Å²) in [6.07, 6.45) is 5.26. The van der Waals surface area contributed by atoms with Crippen LogP contribution in [0.25, 0.3) is 11.5 Å². The number of aryl methyl sites for hydroxylation is 1.